The van der Waals surface area contributed by atoms with E-state index in [1.807, 2.05) is 0 Å². The fraction of sp³-hybridized carbons (Fsp3) is 0.636. The molecular formula is C11H9F9. The molecule has 20 heavy (non-hydrogen) atoms. The topological polar surface area (TPSA) is 0 Å². The SMILES string of the molecule is CC(C)=CCC#CC(F)(F)C(F)(F)C(F)(F)C(F)(F)F. The molecule has 0 aromatic heterocycles. The first-order valence-electron chi connectivity index (χ1n) is 5.00. The lowest BCUT2D eigenvalue weighted by atomic mass is 10.0. The summed E-state index contributed by atoms with van der Waals surface area (Å²) in [6, 6.07) is 0. The summed E-state index contributed by atoms with van der Waals surface area (Å²) in [5.41, 5.74) is 0.579. The largest absolute Gasteiger partial charge is 0.460 e. The molecule has 0 aromatic rings. The van der Waals surface area contributed by atoms with E-state index in [0.29, 0.717) is 11.5 Å². The Labute approximate surface area is 108 Å². The number of rotatable bonds is 3. The third-order valence-electron chi connectivity index (χ3n) is 2.00. The minimum Gasteiger partial charge on any atom is -0.191 e. The van der Waals surface area contributed by atoms with Crippen molar-refractivity contribution in [3.8, 4) is 11.8 Å². The molecule has 0 nitrogen and oxygen atoms in total. The zero-order chi connectivity index (χ0) is 16.4. The average molecular weight is 312 g/mol. The predicted octanol–water partition coefficient (Wildman–Crippen LogP) is 4.81. The minimum absolute atomic E-state index is 0.475. The smallest absolute Gasteiger partial charge is 0.191 e. The normalized spacial score (nSPS) is 13.6. The van der Waals surface area contributed by atoms with Crippen LogP contribution in [-0.2, 0) is 0 Å². The van der Waals surface area contributed by atoms with Crippen molar-refractivity contribution < 1.29 is 39.5 Å². The molecule has 0 unspecified atom stereocenters. The Kier molecular flexibility index (Phi) is 5.21. The van der Waals surface area contributed by atoms with Crippen LogP contribution in [0.3, 0.4) is 0 Å². The van der Waals surface area contributed by atoms with Gasteiger partial charge in [-0.05, 0) is 19.8 Å². The zero-order valence-electron chi connectivity index (χ0n) is 10.2. The van der Waals surface area contributed by atoms with Crippen LogP contribution in [0.4, 0.5) is 39.5 Å². The van der Waals surface area contributed by atoms with Crippen LogP contribution < -0.4 is 0 Å². The van der Waals surface area contributed by atoms with Crippen molar-refractivity contribution in [2.75, 3.05) is 0 Å². The predicted molar refractivity (Wildman–Crippen MR) is 52.7 cm³/mol. The number of hydrogen-bond donors (Lipinski definition) is 0. The Morgan fingerprint density at radius 1 is 0.850 bits per heavy atom. The van der Waals surface area contributed by atoms with Gasteiger partial charge in [-0.3, -0.25) is 0 Å². The van der Waals surface area contributed by atoms with Gasteiger partial charge in [-0.15, -0.1) is 0 Å². The van der Waals surface area contributed by atoms with Crippen LogP contribution >= 0.6 is 0 Å². The van der Waals surface area contributed by atoms with Crippen LogP contribution in [0.5, 0.6) is 0 Å². The highest BCUT2D eigenvalue weighted by molar-refractivity contribution is 5.20. The first kappa shape index (κ1) is 18.7. The van der Waals surface area contributed by atoms with Crippen molar-refractivity contribution in [3.63, 3.8) is 0 Å². The van der Waals surface area contributed by atoms with Gasteiger partial charge in [-0.25, -0.2) is 0 Å². The Hall–Kier alpha value is -1.33. The highest BCUT2D eigenvalue weighted by atomic mass is 19.4. The van der Waals surface area contributed by atoms with E-state index >= 15 is 0 Å². The molecule has 0 bridgehead atoms. The molecule has 0 aromatic carbocycles. The quantitative estimate of drug-likeness (QED) is 0.398. The molecule has 0 aliphatic rings. The van der Waals surface area contributed by atoms with Crippen molar-refractivity contribution in [2.45, 2.75) is 44.2 Å². The van der Waals surface area contributed by atoms with Crippen molar-refractivity contribution in [1.29, 1.82) is 0 Å². The monoisotopic (exact) mass is 312 g/mol. The summed E-state index contributed by atoms with van der Waals surface area (Å²) in [6.07, 6.45) is -6.09. The highest BCUT2D eigenvalue weighted by Gasteiger charge is 2.81. The van der Waals surface area contributed by atoms with E-state index in [4.69, 9.17) is 0 Å². The second-order valence-corrected chi connectivity index (χ2v) is 4.01. The van der Waals surface area contributed by atoms with Gasteiger partial charge in [0.2, 0.25) is 0 Å². The standard InChI is InChI=1S/C11H9F9/c1-7(2)5-3-4-6-8(12,13)9(14,15)10(16,17)11(18,19)20/h5H,3H2,1-2H3. The Balaban J connectivity index is 5.42. The molecule has 0 rings (SSSR count). The summed E-state index contributed by atoms with van der Waals surface area (Å²) >= 11 is 0. The molecule has 0 saturated heterocycles. The summed E-state index contributed by atoms with van der Waals surface area (Å²) in [4.78, 5) is 0. The molecule has 0 spiro atoms. The Bertz CT molecular complexity index is 427. The van der Waals surface area contributed by atoms with Crippen LogP contribution in [0.2, 0.25) is 0 Å². The van der Waals surface area contributed by atoms with Gasteiger partial charge in [0.1, 0.15) is 0 Å². The molecule has 0 atom stereocenters. The van der Waals surface area contributed by atoms with Gasteiger partial charge in [0.05, 0.1) is 0 Å². The van der Waals surface area contributed by atoms with E-state index in [1.165, 1.54) is 25.8 Å². The van der Waals surface area contributed by atoms with E-state index < -0.39 is 30.4 Å². The van der Waals surface area contributed by atoms with Crippen molar-refractivity contribution >= 4 is 0 Å². The van der Waals surface area contributed by atoms with Crippen molar-refractivity contribution in [1.82, 2.24) is 0 Å². The molecule has 9 heteroatoms. The Morgan fingerprint density at radius 3 is 1.65 bits per heavy atom. The molecule has 0 N–H and O–H groups in total. The first-order chi connectivity index (χ1) is 8.67. The van der Waals surface area contributed by atoms with Crippen LogP contribution in [0.25, 0.3) is 0 Å². The van der Waals surface area contributed by atoms with Crippen LogP contribution in [0, 0.1) is 11.8 Å². The molecule has 0 aliphatic carbocycles. The summed E-state index contributed by atoms with van der Waals surface area (Å²) in [5, 5.41) is 0. The second-order valence-electron chi connectivity index (χ2n) is 4.01. The lowest BCUT2D eigenvalue weighted by molar-refractivity contribution is -0.386. The molecule has 0 fully saturated rings. The third kappa shape index (κ3) is 3.61. The van der Waals surface area contributed by atoms with Gasteiger partial charge in [-0.1, -0.05) is 17.6 Å². The fourth-order valence-electron chi connectivity index (χ4n) is 0.871. The van der Waals surface area contributed by atoms with E-state index in [1.54, 1.807) is 0 Å². The van der Waals surface area contributed by atoms with Crippen LogP contribution in [0.1, 0.15) is 20.3 Å². The zero-order valence-corrected chi connectivity index (χ0v) is 10.2. The van der Waals surface area contributed by atoms with Gasteiger partial charge >= 0.3 is 23.9 Å². The van der Waals surface area contributed by atoms with Crippen LogP contribution in [0.15, 0.2) is 11.6 Å². The number of hydrogen-bond acceptors (Lipinski definition) is 0. The van der Waals surface area contributed by atoms with Gasteiger partial charge in [0.15, 0.2) is 0 Å². The molecule has 0 saturated carbocycles. The number of halogens is 9. The Morgan fingerprint density at radius 2 is 1.30 bits per heavy atom. The number of alkyl halides is 9. The lowest BCUT2D eigenvalue weighted by Gasteiger charge is -2.31. The van der Waals surface area contributed by atoms with Gasteiger partial charge in [0.25, 0.3) is 0 Å². The van der Waals surface area contributed by atoms with E-state index in [9.17, 15) is 39.5 Å². The summed E-state index contributed by atoms with van der Waals surface area (Å²) in [7, 11) is 0. The molecule has 0 amide bonds. The number of allylic oxidation sites excluding steroid dienone is 2. The lowest BCUT2D eigenvalue weighted by Crippen LogP contribution is -2.60. The highest BCUT2D eigenvalue weighted by Crippen LogP contribution is 2.52. The average Bonchev–Trinajstić information content (AvgIpc) is 2.22. The maximum atomic E-state index is 12.8. The molecule has 116 valence electrons. The van der Waals surface area contributed by atoms with E-state index in [0.717, 1.165) is 0 Å². The van der Waals surface area contributed by atoms with Gasteiger partial charge < -0.3 is 0 Å². The van der Waals surface area contributed by atoms with Gasteiger partial charge in [-0.2, -0.15) is 39.5 Å². The maximum Gasteiger partial charge on any atom is 0.460 e. The second kappa shape index (κ2) is 5.58. The first-order valence-corrected chi connectivity index (χ1v) is 5.00. The summed E-state index contributed by atoms with van der Waals surface area (Å²) in [5.74, 6) is -17.5. The van der Waals surface area contributed by atoms with E-state index in [-0.39, 0.29) is 0 Å². The summed E-state index contributed by atoms with van der Waals surface area (Å²) < 4.78 is 111. The van der Waals surface area contributed by atoms with Crippen LogP contribution in [-0.4, -0.2) is 23.9 Å². The maximum absolute atomic E-state index is 12.8. The van der Waals surface area contributed by atoms with E-state index in [2.05, 4.69) is 0 Å². The third-order valence-corrected chi connectivity index (χ3v) is 2.00. The molecular weight excluding hydrogens is 303 g/mol. The molecule has 0 radical (unpaired) electrons. The summed E-state index contributed by atoms with van der Waals surface area (Å²) in [6.45, 7) is 3.04. The molecule has 0 heterocycles. The van der Waals surface area contributed by atoms with Gasteiger partial charge in [0, 0.05) is 6.42 Å². The van der Waals surface area contributed by atoms with Crippen molar-refractivity contribution in [2.24, 2.45) is 0 Å². The fourth-order valence-corrected chi connectivity index (χ4v) is 0.871. The van der Waals surface area contributed by atoms with Crippen molar-refractivity contribution in [3.05, 3.63) is 11.6 Å². The minimum atomic E-state index is -6.89. The molecule has 0 aliphatic heterocycles.